The third kappa shape index (κ3) is 1.27. The van der Waals surface area contributed by atoms with Crippen molar-refractivity contribution in [3.05, 3.63) is 17.0 Å². The van der Waals surface area contributed by atoms with Gasteiger partial charge in [-0.1, -0.05) is 20.8 Å². The van der Waals surface area contributed by atoms with E-state index in [1.165, 1.54) is 11.3 Å². The van der Waals surface area contributed by atoms with E-state index >= 15 is 0 Å². The van der Waals surface area contributed by atoms with E-state index in [4.69, 9.17) is 5.73 Å². The van der Waals surface area contributed by atoms with Crippen LogP contribution in [-0.2, 0) is 12.8 Å². The van der Waals surface area contributed by atoms with Crippen LogP contribution in [0.3, 0.4) is 0 Å². The van der Waals surface area contributed by atoms with E-state index in [2.05, 4.69) is 31.0 Å². The van der Waals surface area contributed by atoms with E-state index in [9.17, 15) is 0 Å². The molecule has 0 aliphatic heterocycles. The molecular formula is C11H19N3. The molecule has 1 aromatic rings. The monoisotopic (exact) mass is 193 g/mol. The van der Waals surface area contributed by atoms with Gasteiger partial charge < -0.3 is 5.73 Å². The Morgan fingerprint density at radius 2 is 2.29 bits per heavy atom. The van der Waals surface area contributed by atoms with Crippen molar-refractivity contribution in [2.24, 2.45) is 11.1 Å². The van der Waals surface area contributed by atoms with Gasteiger partial charge in [-0.2, -0.15) is 5.10 Å². The second-order valence-corrected chi connectivity index (χ2v) is 4.88. The number of H-pyrrole nitrogens is 1. The Labute approximate surface area is 85.1 Å². The maximum Gasteiger partial charge on any atom is 0.0670 e. The number of fused-ring (bicyclic) bond motifs is 1. The summed E-state index contributed by atoms with van der Waals surface area (Å²) in [5, 5.41) is 7.44. The number of aromatic nitrogens is 2. The number of nitrogens with two attached hydrogens (primary N) is 1. The smallest absolute Gasteiger partial charge is 0.0670 e. The van der Waals surface area contributed by atoms with Gasteiger partial charge in [0.25, 0.3) is 0 Å². The number of hydrogen-bond donors (Lipinski definition) is 2. The van der Waals surface area contributed by atoms with Crippen LogP contribution in [0.25, 0.3) is 0 Å². The molecule has 1 aliphatic rings. The highest BCUT2D eigenvalue weighted by atomic mass is 15.1. The summed E-state index contributed by atoms with van der Waals surface area (Å²) in [4.78, 5) is 0. The first-order valence-electron chi connectivity index (χ1n) is 5.38. The van der Waals surface area contributed by atoms with E-state index in [1.807, 2.05) is 0 Å². The number of rotatable bonds is 1. The number of nitrogens with zero attached hydrogens (tertiary/aromatic N) is 1. The van der Waals surface area contributed by atoms with Crippen molar-refractivity contribution in [1.82, 2.24) is 10.2 Å². The third-order valence-corrected chi connectivity index (χ3v) is 3.47. The lowest BCUT2D eigenvalue weighted by molar-refractivity contribution is 0.247. The lowest BCUT2D eigenvalue weighted by Gasteiger charge is -2.36. The molecule has 3 N–H and O–H groups in total. The molecule has 1 heterocycles. The highest BCUT2D eigenvalue weighted by Gasteiger charge is 2.36. The summed E-state index contributed by atoms with van der Waals surface area (Å²) < 4.78 is 0. The lowest BCUT2D eigenvalue weighted by Crippen LogP contribution is -2.34. The molecule has 78 valence electrons. The highest BCUT2D eigenvalue weighted by molar-refractivity contribution is 5.33. The Kier molecular flexibility index (Phi) is 2.14. The molecule has 1 aliphatic carbocycles. The van der Waals surface area contributed by atoms with E-state index in [0.29, 0.717) is 0 Å². The molecule has 1 unspecified atom stereocenters. The van der Waals surface area contributed by atoms with Crippen LogP contribution < -0.4 is 5.73 Å². The molecular weight excluding hydrogens is 174 g/mol. The molecule has 0 radical (unpaired) electrons. The van der Waals surface area contributed by atoms with E-state index in [0.717, 1.165) is 25.0 Å². The normalized spacial score (nSPS) is 24.7. The molecule has 0 aromatic carbocycles. The highest BCUT2D eigenvalue weighted by Crippen LogP contribution is 2.42. The SMILES string of the molecule is CCc1n[nH]c2c1C(N)C(C)(C)CC2. The van der Waals surface area contributed by atoms with E-state index in [-0.39, 0.29) is 11.5 Å². The van der Waals surface area contributed by atoms with Gasteiger partial charge in [0.2, 0.25) is 0 Å². The van der Waals surface area contributed by atoms with Crippen molar-refractivity contribution < 1.29 is 0 Å². The van der Waals surface area contributed by atoms with Crippen molar-refractivity contribution >= 4 is 0 Å². The molecule has 0 amide bonds. The number of hydrogen-bond acceptors (Lipinski definition) is 2. The van der Waals surface area contributed by atoms with Crippen LogP contribution in [0.15, 0.2) is 0 Å². The van der Waals surface area contributed by atoms with Crippen LogP contribution >= 0.6 is 0 Å². The van der Waals surface area contributed by atoms with Gasteiger partial charge in [0, 0.05) is 17.3 Å². The zero-order valence-electron chi connectivity index (χ0n) is 9.22. The molecule has 3 heteroatoms. The van der Waals surface area contributed by atoms with Gasteiger partial charge >= 0.3 is 0 Å². The Bertz CT molecular complexity index is 325. The summed E-state index contributed by atoms with van der Waals surface area (Å²) >= 11 is 0. The van der Waals surface area contributed by atoms with Crippen LogP contribution in [0.2, 0.25) is 0 Å². The number of aromatic amines is 1. The largest absolute Gasteiger partial charge is 0.323 e. The third-order valence-electron chi connectivity index (χ3n) is 3.47. The fourth-order valence-electron chi connectivity index (χ4n) is 2.25. The Hall–Kier alpha value is -0.830. The molecule has 0 saturated heterocycles. The van der Waals surface area contributed by atoms with Crippen molar-refractivity contribution in [2.45, 2.75) is 46.1 Å². The second-order valence-electron chi connectivity index (χ2n) is 4.88. The Balaban J connectivity index is 2.46. The quantitative estimate of drug-likeness (QED) is 0.716. The van der Waals surface area contributed by atoms with Crippen molar-refractivity contribution in [1.29, 1.82) is 0 Å². The minimum Gasteiger partial charge on any atom is -0.323 e. The van der Waals surface area contributed by atoms with Crippen molar-refractivity contribution in [2.75, 3.05) is 0 Å². The van der Waals surface area contributed by atoms with Gasteiger partial charge in [0.15, 0.2) is 0 Å². The van der Waals surface area contributed by atoms with E-state index in [1.54, 1.807) is 0 Å². The summed E-state index contributed by atoms with van der Waals surface area (Å²) in [6.45, 7) is 6.62. The van der Waals surface area contributed by atoms with Crippen LogP contribution in [0.5, 0.6) is 0 Å². The van der Waals surface area contributed by atoms with Gasteiger partial charge in [-0.15, -0.1) is 0 Å². The standard InChI is InChI=1S/C11H19N3/c1-4-7-9-8(14-13-7)5-6-11(2,3)10(9)12/h10H,4-6,12H2,1-3H3,(H,13,14). The fraction of sp³-hybridized carbons (Fsp3) is 0.727. The average Bonchev–Trinajstić information content (AvgIpc) is 2.55. The van der Waals surface area contributed by atoms with Crippen molar-refractivity contribution in [3.63, 3.8) is 0 Å². The molecule has 2 rings (SSSR count). The summed E-state index contributed by atoms with van der Waals surface area (Å²) in [6, 6.07) is 0.139. The maximum absolute atomic E-state index is 6.28. The number of aryl methyl sites for hydroxylation is 2. The minimum absolute atomic E-state index is 0.139. The van der Waals surface area contributed by atoms with Crippen molar-refractivity contribution in [3.8, 4) is 0 Å². The summed E-state index contributed by atoms with van der Waals surface area (Å²) in [5.74, 6) is 0. The first-order valence-corrected chi connectivity index (χ1v) is 5.38. The van der Waals surface area contributed by atoms with Gasteiger partial charge in [-0.05, 0) is 24.7 Å². The molecule has 1 atom stereocenters. The van der Waals surface area contributed by atoms with Gasteiger partial charge in [0.1, 0.15) is 0 Å². The molecule has 1 aromatic heterocycles. The van der Waals surface area contributed by atoms with Crippen LogP contribution in [0.1, 0.15) is 50.2 Å². The maximum atomic E-state index is 6.28. The Morgan fingerprint density at radius 1 is 1.57 bits per heavy atom. The predicted molar refractivity (Wildman–Crippen MR) is 57.0 cm³/mol. The molecule has 0 bridgehead atoms. The van der Waals surface area contributed by atoms with E-state index < -0.39 is 0 Å². The Morgan fingerprint density at radius 3 is 2.93 bits per heavy atom. The number of nitrogens with one attached hydrogen (secondary N) is 1. The zero-order chi connectivity index (χ0) is 10.3. The molecule has 0 spiro atoms. The zero-order valence-corrected chi connectivity index (χ0v) is 9.22. The van der Waals surface area contributed by atoms with Gasteiger partial charge in [-0.3, -0.25) is 5.10 Å². The lowest BCUT2D eigenvalue weighted by atomic mass is 9.72. The summed E-state index contributed by atoms with van der Waals surface area (Å²) in [5.41, 5.74) is 10.2. The average molecular weight is 193 g/mol. The minimum atomic E-state index is 0.139. The summed E-state index contributed by atoms with van der Waals surface area (Å²) in [7, 11) is 0. The predicted octanol–water partition coefficient (Wildman–Crippen LogP) is 1.94. The van der Waals surface area contributed by atoms with Crippen LogP contribution in [0, 0.1) is 5.41 Å². The molecule has 0 fully saturated rings. The first kappa shape index (κ1) is 9.71. The fourth-order valence-corrected chi connectivity index (χ4v) is 2.25. The molecule has 0 saturated carbocycles. The molecule has 3 nitrogen and oxygen atoms in total. The second kappa shape index (κ2) is 3.09. The van der Waals surface area contributed by atoms with Gasteiger partial charge in [-0.25, -0.2) is 0 Å². The summed E-state index contributed by atoms with van der Waals surface area (Å²) in [6.07, 6.45) is 3.20. The molecule has 14 heavy (non-hydrogen) atoms. The topological polar surface area (TPSA) is 54.7 Å². The van der Waals surface area contributed by atoms with Gasteiger partial charge in [0.05, 0.1) is 5.69 Å². The van der Waals surface area contributed by atoms with Crippen LogP contribution in [-0.4, -0.2) is 10.2 Å². The first-order chi connectivity index (χ1) is 6.56. The van der Waals surface area contributed by atoms with Crippen LogP contribution in [0.4, 0.5) is 0 Å².